The fraction of sp³-hybridized carbons (Fsp3) is 0.400. The maximum Gasteiger partial charge on any atom is 0.248 e. The van der Waals surface area contributed by atoms with Gasteiger partial charge in [-0.15, -0.1) is 0 Å². The molecular weight excluding hydrogens is 376 g/mol. The molecule has 1 aliphatic carbocycles. The van der Waals surface area contributed by atoms with Gasteiger partial charge >= 0.3 is 0 Å². The second kappa shape index (κ2) is 8.25. The third-order valence-electron chi connectivity index (χ3n) is 6.39. The fourth-order valence-electron chi connectivity index (χ4n) is 4.87. The number of H-pyrrole nitrogens is 1. The zero-order valence-corrected chi connectivity index (χ0v) is 17.9. The van der Waals surface area contributed by atoms with Gasteiger partial charge in [0.15, 0.2) is 0 Å². The Labute approximate surface area is 176 Å². The Morgan fingerprint density at radius 2 is 1.73 bits per heavy atom. The lowest BCUT2D eigenvalue weighted by atomic mass is 9.97. The molecule has 0 saturated heterocycles. The molecule has 0 radical (unpaired) electrons. The third kappa shape index (κ3) is 3.75. The van der Waals surface area contributed by atoms with Crippen LogP contribution in [-0.2, 0) is 25.7 Å². The standard InChI is InChI=1S/C25H30N2O3/c1-4-15-9-17-11-19(12-18(17)10-16(15)5-2)26-13-22(29)24-14(3)8-21(28)25-20(24)6-7-23(30)27-25/h6-10,19,22,26,28-29H,4-5,11-13H2,1-3H3,(H,27,30)/t22-/m0/s1. The summed E-state index contributed by atoms with van der Waals surface area (Å²) in [6.45, 7) is 6.70. The molecule has 5 heteroatoms. The zero-order chi connectivity index (χ0) is 21.4. The minimum absolute atomic E-state index is 0.0220. The van der Waals surface area contributed by atoms with Crippen molar-refractivity contribution >= 4 is 10.9 Å². The van der Waals surface area contributed by atoms with E-state index in [-0.39, 0.29) is 11.3 Å². The molecule has 0 unspecified atom stereocenters. The van der Waals surface area contributed by atoms with E-state index in [2.05, 4.69) is 36.3 Å². The van der Waals surface area contributed by atoms with E-state index in [9.17, 15) is 15.0 Å². The Hall–Kier alpha value is -2.63. The highest BCUT2D eigenvalue weighted by Crippen LogP contribution is 2.32. The van der Waals surface area contributed by atoms with Crippen LogP contribution in [0.5, 0.6) is 5.75 Å². The number of aromatic hydroxyl groups is 1. The number of benzene rings is 2. The van der Waals surface area contributed by atoms with Crippen LogP contribution in [0.3, 0.4) is 0 Å². The van der Waals surface area contributed by atoms with E-state index >= 15 is 0 Å². The second-order valence-corrected chi connectivity index (χ2v) is 8.36. The summed E-state index contributed by atoms with van der Waals surface area (Å²) in [5, 5.41) is 25.4. The van der Waals surface area contributed by atoms with E-state index < -0.39 is 6.10 Å². The second-order valence-electron chi connectivity index (χ2n) is 8.36. The van der Waals surface area contributed by atoms with Crippen LogP contribution in [0.15, 0.2) is 35.1 Å². The first kappa shape index (κ1) is 20.6. The Bertz CT molecular complexity index is 1120. The summed E-state index contributed by atoms with van der Waals surface area (Å²) in [4.78, 5) is 14.3. The molecule has 5 nitrogen and oxygen atoms in total. The molecule has 0 spiro atoms. The fourth-order valence-corrected chi connectivity index (χ4v) is 4.87. The van der Waals surface area contributed by atoms with Crippen LogP contribution in [0, 0.1) is 6.92 Å². The van der Waals surface area contributed by atoms with Crippen molar-refractivity contribution in [2.75, 3.05) is 6.54 Å². The maximum atomic E-state index is 11.7. The summed E-state index contributed by atoms with van der Waals surface area (Å²) < 4.78 is 0. The van der Waals surface area contributed by atoms with Crippen LogP contribution < -0.4 is 10.9 Å². The molecule has 0 saturated carbocycles. The highest BCUT2D eigenvalue weighted by Gasteiger charge is 2.24. The van der Waals surface area contributed by atoms with Gasteiger partial charge in [0.1, 0.15) is 5.75 Å². The molecule has 0 fully saturated rings. The average Bonchev–Trinajstić information content (AvgIpc) is 3.13. The Morgan fingerprint density at radius 3 is 2.33 bits per heavy atom. The van der Waals surface area contributed by atoms with Gasteiger partial charge in [-0.25, -0.2) is 0 Å². The minimum atomic E-state index is -0.736. The molecular formula is C25H30N2O3. The van der Waals surface area contributed by atoms with Gasteiger partial charge in [-0.1, -0.05) is 26.0 Å². The Morgan fingerprint density at radius 1 is 1.10 bits per heavy atom. The number of hydrogen-bond acceptors (Lipinski definition) is 4. The van der Waals surface area contributed by atoms with Crippen molar-refractivity contribution in [3.05, 3.63) is 74.1 Å². The SMILES string of the molecule is CCc1cc2c(cc1CC)CC(NC[C@H](O)c1c(C)cc(O)c3[nH]c(=O)ccc13)C2. The van der Waals surface area contributed by atoms with Crippen molar-refractivity contribution in [3.8, 4) is 5.75 Å². The summed E-state index contributed by atoms with van der Waals surface area (Å²) >= 11 is 0. The lowest BCUT2D eigenvalue weighted by molar-refractivity contribution is 0.171. The largest absolute Gasteiger partial charge is 0.506 e. The molecule has 0 bridgehead atoms. The van der Waals surface area contributed by atoms with Crippen molar-refractivity contribution in [2.45, 2.75) is 58.6 Å². The summed E-state index contributed by atoms with van der Waals surface area (Å²) in [5.74, 6) is 0.0220. The zero-order valence-electron chi connectivity index (χ0n) is 17.9. The number of hydrogen-bond donors (Lipinski definition) is 4. The molecule has 1 atom stereocenters. The molecule has 2 aromatic carbocycles. The third-order valence-corrected chi connectivity index (χ3v) is 6.39. The lowest BCUT2D eigenvalue weighted by Crippen LogP contribution is -2.33. The number of phenolic OH excluding ortho intramolecular Hbond substituents is 1. The van der Waals surface area contributed by atoms with Gasteiger partial charge in [0.25, 0.3) is 0 Å². The molecule has 1 heterocycles. The number of aromatic nitrogens is 1. The van der Waals surface area contributed by atoms with Gasteiger partial charge in [0, 0.05) is 24.0 Å². The van der Waals surface area contributed by atoms with Gasteiger partial charge in [-0.05, 0) is 78.1 Å². The smallest absolute Gasteiger partial charge is 0.248 e. The lowest BCUT2D eigenvalue weighted by Gasteiger charge is -2.20. The molecule has 158 valence electrons. The monoisotopic (exact) mass is 406 g/mol. The quantitative estimate of drug-likeness (QED) is 0.505. The summed E-state index contributed by atoms with van der Waals surface area (Å²) in [6.07, 6.45) is 3.33. The molecule has 30 heavy (non-hydrogen) atoms. The number of fused-ring (bicyclic) bond motifs is 2. The normalized spacial score (nSPS) is 14.9. The average molecular weight is 407 g/mol. The summed E-state index contributed by atoms with van der Waals surface area (Å²) in [6, 6.07) is 9.72. The molecule has 0 amide bonds. The van der Waals surface area contributed by atoms with Gasteiger partial charge in [0.05, 0.1) is 11.6 Å². The molecule has 1 aromatic heterocycles. The Kier molecular flexibility index (Phi) is 5.67. The van der Waals surface area contributed by atoms with Gasteiger partial charge in [-0.2, -0.15) is 0 Å². The van der Waals surface area contributed by atoms with Crippen LogP contribution in [-0.4, -0.2) is 27.8 Å². The van der Waals surface area contributed by atoms with Crippen LogP contribution >= 0.6 is 0 Å². The van der Waals surface area contributed by atoms with Crippen LogP contribution in [0.1, 0.15) is 53.3 Å². The van der Waals surface area contributed by atoms with E-state index in [1.54, 1.807) is 12.1 Å². The van der Waals surface area contributed by atoms with Crippen LogP contribution in [0.2, 0.25) is 0 Å². The number of aliphatic hydroxyl groups excluding tert-OH is 1. The molecule has 3 aromatic rings. The first-order valence-corrected chi connectivity index (χ1v) is 10.8. The number of aliphatic hydroxyl groups is 1. The number of nitrogens with one attached hydrogen (secondary N) is 2. The van der Waals surface area contributed by atoms with Gasteiger partial charge in [0.2, 0.25) is 5.56 Å². The van der Waals surface area contributed by atoms with E-state index in [0.717, 1.165) is 36.8 Å². The van der Waals surface area contributed by atoms with E-state index in [0.29, 0.717) is 23.5 Å². The Balaban J connectivity index is 1.52. The van der Waals surface area contributed by atoms with Crippen LogP contribution in [0.4, 0.5) is 0 Å². The molecule has 4 rings (SSSR count). The van der Waals surface area contributed by atoms with Gasteiger partial charge < -0.3 is 20.5 Å². The number of phenols is 1. The van der Waals surface area contributed by atoms with Crippen molar-refractivity contribution in [1.82, 2.24) is 10.3 Å². The molecule has 4 N–H and O–H groups in total. The van der Waals surface area contributed by atoms with Crippen LogP contribution in [0.25, 0.3) is 10.9 Å². The number of aromatic amines is 1. The van der Waals surface area contributed by atoms with Crippen molar-refractivity contribution in [1.29, 1.82) is 0 Å². The van der Waals surface area contributed by atoms with Gasteiger partial charge in [-0.3, -0.25) is 4.79 Å². The maximum absolute atomic E-state index is 11.7. The summed E-state index contributed by atoms with van der Waals surface area (Å²) in [7, 11) is 0. The summed E-state index contributed by atoms with van der Waals surface area (Å²) in [5.41, 5.74) is 7.35. The number of pyridine rings is 1. The number of aryl methyl sites for hydroxylation is 3. The first-order valence-electron chi connectivity index (χ1n) is 10.8. The first-order chi connectivity index (χ1) is 14.4. The minimum Gasteiger partial charge on any atom is -0.506 e. The molecule has 0 aliphatic heterocycles. The van der Waals surface area contributed by atoms with E-state index in [4.69, 9.17) is 0 Å². The van der Waals surface area contributed by atoms with Crippen molar-refractivity contribution in [3.63, 3.8) is 0 Å². The highest BCUT2D eigenvalue weighted by atomic mass is 16.3. The molecule has 1 aliphatic rings. The predicted octanol–water partition coefficient (Wildman–Crippen LogP) is 3.46. The number of rotatable bonds is 6. The van der Waals surface area contributed by atoms with Crippen molar-refractivity contribution < 1.29 is 10.2 Å². The van der Waals surface area contributed by atoms with E-state index in [1.165, 1.54) is 28.3 Å². The highest BCUT2D eigenvalue weighted by molar-refractivity contribution is 5.88. The van der Waals surface area contributed by atoms with Crippen molar-refractivity contribution in [2.24, 2.45) is 0 Å². The predicted molar refractivity (Wildman–Crippen MR) is 120 cm³/mol. The topological polar surface area (TPSA) is 85.3 Å². The van der Waals surface area contributed by atoms with E-state index in [1.807, 2.05) is 6.92 Å².